The highest BCUT2D eigenvalue weighted by molar-refractivity contribution is 5.87. The van der Waals surface area contributed by atoms with Crippen molar-refractivity contribution in [2.45, 2.75) is 25.0 Å². The number of aliphatic carboxylic acids is 2. The van der Waals surface area contributed by atoms with Gasteiger partial charge < -0.3 is 30.0 Å². The Hall–Kier alpha value is -1.14. The molecule has 2 N–H and O–H groups in total. The third-order valence-electron chi connectivity index (χ3n) is 1.74. The first-order chi connectivity index (χ1) is 5.14. The van der Waals surface area contributed by atoms with Crippen LogP contribution in [-0.4, -0.2) is 33.4 Å². The summed E-state index contributed by atoms with van der Waals surface area (Å²) >= 11 is 0. The third-order valence-corrected chi connectivity index (χ3v) is 1.74. The van der Waals surface area contributed by atoms with Gasteiger partial charge in [0, 0.05) is 0 Å². The summed E-state index contributed by atoms with van der Waals surface area (Å²) in [7, 11) is 0. The van der Waals surface area contributed by atoms with Gasteiger partial charge in [0.2, 0.25) is 0 Å². The smallest absolute Gasteiger partial charge is 0.135 e. The molecule has 6 heteroatoms. The molecule has 0 amide bonds. The maximum atomic E-state index is 10.2. The predicted octanol–water partition coefficient (Wildman–Crippen LogP) is -4.01. The average molecular weight is 176 g/mol. The number of carboxylic acids is 2. The van der Waals surface area contributed by atoms with Crippen LogP contribution in [0.4, 0.5) is 0 Å². The molecule has 0 spiro atoms. The maximum absolute atomic E-state index is 10.2. The Labute approximate surface area is 68.1 Å². The van der Waals surface area contributed by atoms with Gasteiger partial charge in [-0.25, -0.2) is 0 Å². The maximum Gasteiger partial charge on any atom is 0.135 e. The summed E-state index contributed by atoms with van der Waals surface area (Å²) in [5, 5.41) is 38.2. The molecule has 0 aliphatic rings. The molecule has 2 atom stereocenters. The first-order valence-corrected chi connectivity index (χ1v) is 3.01. The van der Waals surface area contributed by atoms with Gasteiger partial charge in [0.05, 0.1) is 11.9 Å². The molecule has 6 nitrogen and oxygen atoms in total. The zero-order valence-electron chi connectivity index (χ0n) is 6.53. The highest BCUT2D eigenvalue weighted by atomic mass is 16.4. The monoisotopic (exact) mass is 176 g/mol. The Kier molecular flexibility index (Phi) is 2.46. The van der Waals surface area contributed by atoms with Gasteiger partial charge in [-0.1, -0.05) is 0 Å². The van der Waals surface area contributed by atoms with Gasteiger partial charge >= 0.3 is 0 Å². The minimum Gasteiger partial charge on any atom is -0.547 e. The number of carbonyl (C=O) groups is 2. The summed E-state index contributed by atoms with van der Waals surface area (Å²) in [4.78, 5) is 20.3. The minimum absolute atomic E-state index is 0.609. The van der Waals surface area contributed by atoms with Crippen molar-refractivity contribution in [2.75, 3.05) is 0 Å². The van der Waals surface area contributed by atoms with Crippen molar-refractivity contribution in [2.24, 2.45) is 0 Å². The normalized spacial score (nSPS) is 20.7. The second-order valence-electron chi connectivity index (χ2n) is 2.72. The zero-order chi connectivity index (χ0) is 10.2. The summed E-state index contributed by atoms with van der Waals surface area (Å²) in [6.07, 6.45) is 0. The average Bonchev–Trinajstić information content (AvgIpc) is 1.86. The molecule has 0 aromatic carbocycles. The van der Waals surface area contributed by atoms with Crippen LogP contribution in [0.3, 0.4) is 0 Å². The van der Waals surface area contributed by atoms with Crippen LogP contribution in [0.15, 0.2) is 0 Å². The molecule has 70 valence electrons. The highest BCUT2D eigenvalue weighted by Gasteiger charge is 2.44. The second-order valence-corrected chi connectivity index (χ2v) is 2.72. The van der Waals surface area contributed by atoms with E-state index in [4.69, 9.17) is 10.2 Å². The molecule has 12 heavy (non-hydrogen) atoms. The lowest BCUT2D eigenvalue weighted by atomic mass is 9.86. The van der Waals surface area contributed by atoms with Crippen molar-refractivity contribution in [1.82, 2.24) is 0 Å². The van der Waals surface area contributed by atoms with E-state index in [9.17, 15) is 19.8 Å². The minimum atomic E-state index is -2.88. The van der Waals surface area contributed by atoms with Crippen molar-refractivity contribution in [1.29, 1.82) is 0 Å². The number of hydrogen-bond donors (Lipinski definition) is 2. The van der Waals surface area contributed by atoms with Crippen molar-refractivity contribution < 1.29 is 30.0 Å². The number of hydrogen-bond acceptors (Lipinski definition) is 6. The van der Waals surface area contributed by atoms with E-state index in [1.807, 2.05) is 0 Å². The molecular weight excluding hydrogens is 168 g/mol. The van der Waals surface area contributed by atoms with Crippen LogP contribution in [0.25, 0.3) is 0 Å². The van der Waals surface area contributed by atoms with Crippen LogP contribution < -0.4 is 10.2 Å². The Morgan fingerprint density at radius 2 is 1.17 bits per heavy atom. The summed E-state index contributed by atoms with van der Waals surface area (Å²) < 4.78 is 0. The highest BCUT2D eigenvalue weighted by Crippen LogP contribution is 2.20. The van der Waals surface area contributed by atoms with Crippen LogP contribution >= 0.6 is 0 Å². The van der Waals surface area contributed by atoms with Crippen molar-refractivity contribution >= 4 is 11.9 Å². The Morgan fingerprint density at radius 3 is 1.25 bits per heavy atom. The Morgan fingerprint density at radius 1 is 1.00 bits per heavy atom. The summed E-state index contributed by atoms with van der Waals surface area (Å²) in [5.41, 5.74) is -5.77. The van der Waals surface area contributed by atoms with E-state index in [-0.39, 0.29) is 0 Å². The molecule has 0 bridgehead atoms. The van der Waals surface area contributed by atoms with Crippen LogP contribution in [-0.2, 0) is 9.59 Å². The largest absolute Gasteiger partial charge is 0.547 e. The molecule has 0 heterocycles. The standard InChI is InChI=1S/C6H10O6/c1-5(11,3(7)8)6(2,12)4(9)10/h11-12H,1-2H3,(H,7,8)(H,9,10)/p-2/t5-,6-/m1/s1. The van der Waals surface area contributed by atoms with Crippen LogP contribution in [0.1, 0.15) is 13.8 Å². The molecule has 0 aromatic rings. The SMILES string of the molecule is C[C@@](O)(C(=O)[O-])[C@](C)(O)C(=O)[O-]. The molecule has 0 saturated heterocycles. The first-order valence-electron chi connectivity index (χ1n) is 3.01. The lowest BCUT2D eigenvalue weighted by Crippen LogP contribution is -2.67. The first kappa shape index (κ1) is 10.9. The van der Waals surface area contributed by atoms with E-state index in [1.165, 1.54) is 0 Å². The number of aliphatic hydroxyl groups is 2. The predicted molar refractivity (Wildman–Crippen MR) is 31.3 cm³/mol. The van der Waals surface area contributed by atoms with E-state index in [1.54, 1.807) is 0 Å². The molecular formula is C6H8O6-2. The van der Waals surface area contributed by atoms with Gasteiger partial charge in [0.1, 0.15) is 11.2 Å². The van der Waals surface area contributed by atoms with Gasteiger partial charge in [0.25, 0.3) is 0 Å². The molecule has 0 unspecified atom stereocenters. The fourth-order valence-electron chi connectivity index (χ4n) is 0.397. The van der Waals surface area contributed by atoms with Crippen LogP contribution in [0, 0.1) is 0 Å². The Balaban J connectivity index is 5.01. The number of carboxylic acid groups (broad SMARTS) is 2. The molecule has 0 saturated carbocycles. The second kappa shape index (κ2) is 2.72. The topological polar surface area (TPSA) is 121 Å². The molecule has 0 aliphatic carbocycles. The van der Waals surface area contributed by atoms with Crippen molar-refractivity contribution in [3.05, 3.63) is 0 Å². The van der Waals surface area contributed by atoms with Gasteiger partial charge in [0.15, 0.2) is 0 Å². The lowest BCUT2D eigenvalue weighted by Gasteiger charge is -2.39. The van der Waals surface area contributed by atoms with E-state index in [2.05, 4.69) is 0 Å². The quantitative estimate of drug-likeness (QED) is 0.452. The van der Waals surface area contributed by atoms with Gasteiger partial charge in [-0.05, 0) is 13.8 Å². The van der Waals surface area contributed by atoms with Crippen LogP contribution in [0.5, 0.6) is 0 Å². The van der Waals surface area contributed by atoms with Gasteiger partial charge in [-0.2, -0.15) is 0 Å². The van der Waals surface area contributed by atoms with E-state index >= 15 is 0 Å². The summed E-state index contributed by atoms with van der Waals surface area (Å²) in [6.45, 7) is 1.22. The van der Waals surface area contributed by atoms with Crippen molar-refractivity contribution in [3.63, 3.8) is 0 Å². The molecule has 0 aromatic heterocycles. The molecule has 0 radical (unpaired) electrons. The number of carbonyl (C=O) groups excluding carboxylic acids is 2. The summed E-state index contributed by atoms with van der Waals surface area (Å²) in [6, 6.07) is 0. The lowest BCUT2D eigenvalue weighted by molar-refractivity contribution is -0.354. The fraction of sp³-hybridized carbons (Fsp3) is 0.667. The molecule has 0 fully saturated rings. The molecule has 0 aliphatic heterocycles. The van der Waals surface area contributed by atoms with Crippen LogP contribution in [0.2, 0.25) is 0 Å². The zero-order valence-corrected chi connectivity index (χ0v) is 6.53. The Bertz CT molecular complexity index is 192. The fourth-order valence-corrected chi connectivity index (χ4v) is 0.397. The number of rotatable bonds is 3. The van der Waals surface area contributed by atoms with E-state index in [0.717, 1.165) is 0 Å². The van der Waals surface area contributed by atoms with E-state index in [0.29, 0.717) is 13.8 Å². The molecule has 0 rings (SSSR count). The van der Waals surface area contributed by atoms with Gasteiger partial charge in [-0.3, -0.25) is 0 Å². The summed E-state index contributed by atoms with van der Waals surface area (Å²) in [5.74, 6) is -4.17. The van der Waals surface area contributed by atoms with E-state index < -0.39 is 23.1 Å². The van der Waals surface area contributed by atoms with Crippen molar-refractivity contribution in [3.8, 4) is 0 Å². The van der Waals surface area contributed by atoms with Gasteiger partial charge in [-0.15, -0.1) is 0 Å². The third kappa shape index (κ3) is 1.39.